The summed E-state index contributed by atoms with van der Waals surface area (Å²) in [6.07, 6.45) is 1.24. The molecule has 0 saturated carbocycles. The van der Waals surface area contributed by atoms with Crippen molar-refractivity contribution in [2.75, 3.05) is 7.11 Å². The lowest BCUT2D eigenvalue weighted by atomic mass is 10.1. The first-order valence-corrected chi connectivity index (χ1v) is 5.47. The topological polar surface area (TPSA) is 72.3 Å². The van der Waals surface area contributed by atoms with Crippen LogP contribution in [0.2, 0.25) is 0 Å². The number of rotatable bonds is 4. The number of hydrogen-bond donors (Lipinski definition) is 1. The molecule has 0 aliphatic heterocycles. The Morgan fingerprint density at radius 1 is 1.32 bits per heavy atom. The SMILES string of the molecule is COc1ccc(Cc2ncnc(C(=O)O)c2F)cc1. The number of aromatic carboxylic acids is 1. The van der Waals surface area contributed by atoms with E-state index in [2.05, 4.69) is 9.97 Å². The molecule has 1 heterocycles. The van der Waals surface area contributed by atoms with Gasteiger partial charge in [-0.25, -0.2) is 19.2 Å². The van der Waals surface area contributed by atoms with E-state index < -0.39 is 17.5 Å². The highest BCUT2D eigenvalue weighted by atomic mass is 19.1. The molecule has 1 aromatic carbocycles. The van der Waals surface area contributed by atoms with Crippen molar-refractivity contribution in [3.63, 3.8) is 0 Å². The van der Waals surface area contributed by atoms with Crippen LogP contribution in [0.15, 0.2) is 30.6 Å². The number of methoxy groups -OCH3 is 1. The average Bonchev–Trinajstić information content (AvgIpc) is 2.41. The molecule has 0 spiro atoms. The third-order valence-corrected chi connectivity index (χ3v) is 2.59. The predicted octanol–water partition coefficient (Wildman–Crippen LogP) is 1.91. The van der Waals surface area contributed by atoms with Crippen molar-refractivity contribution >= 4 is 5.97 Å². The van der Waals surface area contributed by atoms with E-state index in [0.29, 0.717) is 5.75 Å². The number of halogens is 1. The summed E-state index contributed by atoms with van der Waals surface area (Å²) in [5, 5.41) is 8.78. The molecular weight excluding hydrogens is 251 g/mol. The molecule has 0 bridgehead atoms. The second-order valence-electron chi connectivity index (χ2n) is 3.81. The van der Waals surface area contributed by atoms with Gasteiger partial charge in [0.05, 0.1) is 12.8 Å². The van der Waals surface area contributed by atoms with Crippen LogP contribution < -0.4 is 4.74 Å². The van der Waals surface area contributed by atoms with Crippen LogP contribution in [0.3, 0.4) is 0 Å². The largest absolute Gasteiger partial charge is 0.497 e. The minimum absolute atomic E-state index is 0.0533. The van der Waals surface area contributed by atoms with Gasteiger partial charge in [0.2, 0.25) is 0 Å². The van der Waals surface area contributed by atoms with Crippen molar-refractivity contribution in [2.24, 2.45) is 0 Å². The molecule has 0 radical (unpaired) electrons. The van der Waals surface area contributed by atoms with Crippen molar-refractivity contribution < 1.29 is 19.0 Å². The molecule has 0 atom stereocenters. The van der Waals surface area contributed by atoms with Crippen LogP contribution in [0.25, 0.3) is 0 Å². The quantitative estimate of drug-likeness (QED) is 0.911. The van der Waals surface area contributed by atoms with Crippen molar-refractivity contribution in [1.29, 1.82) is 0 Å². The maximum absolute atomic E-state index is 13.8. The van der Waals surface area contributed by atoms with E-state index in [1.165, 1.54) is 0 Å². The molecule has 2 rings (SSSR count). The summed E-state index contributed by atoms with van der Waals surface area (Å²) in [7, 11) is 1.55. The van der Waals surface area contributed by atoms with Crippen molar-refractivity contribution in [2.45, 2.75) is 6.42 Å². The zero-order chi connectivity index (χ0) is 13.8. The lowest BCUT2D eigenvalue weighted by molar-refractivity contribution is 0.0684. The fourth-order valence-corrected chi connectivity index (χ4v) is 1.62. The van der Waals surface area contributed by atoms with E-state index in [1.54, 1.807) is 31.4 Å². The third kappa shape index (κ3) is 2.85. The Balaban J connectivity index is 2.27. The minimum atomic E-state index is -1.41. The molecule has 0 amide bonds. The van der Waals surface area contributed by atoms with Crippen LogP contribution in [-0.4, -0.2) is 28.2 Å². The molecule has 5 nitrogen and oxygen atoms in total. The fraction of sp³-hybridized carbons (Fsp3) is 0.154. The predicted molar refractivity (Wildman–Crippen MR) is 64.7 cm³/mol. The summed E-state index contributed by atoms with van der Waals surface area (Å²) in [6, 6.07) is 7.01. The van der Waals surface area contributed by atoms with E-state index in [1.807, 2.05) is 0 Å². The first-order chi connectivity index (χ1) is 9.11. The smallest absolute Gasteiger partial charge is 0.357 e. The molecule has 1 N–H and O–H groups in total. The molecule has 6 heteroatoms. The number of carboxylic acids is 1. The molecule has 98 valence electrons. The van der Waals surface area contributed by atoms with Crippen molar-refractivity contribution in [1.82, 2.24) is 9.97 Å². The first-order valence-electron chi connectivity index (χ1n) is 5.47. The number of benzene rings is 1. The average molecular weight is 262 g/mol. The zero-order valence-corrected chi connectivity index (χ0v) is 10.1. The molecule has 0 aliphatic rings. The van der Waals surface area contributed by atoms with Gasteiger partial charge in [0, 0.05) is 6.42 Å². The van der Waals surface area contributed by atoms with E-state index in [9.17, 15) is 9.18 Å². The van der Waals surface area contributed by atoms with Gasteiger partial charge in [-0.2, -0.15) is 0 Å². The highest BCUT2D eigenvalue weighted by Crippen LogP contribution is 2.16. The van der Waals surface area contributed by atoms with E-state index in [-0.39, 0.29) is 12.1 Å². The number of aromatic nitrogens is 2. The molecule has 0 aliphatic carbocycles. The van der Waals surface area contributed by atoms with Gasteiger partial charge in [-0.1, -0.05) is 12.1 Å². The van der Waals surface area contributed by atoms with E-state index in [4.69, 9.17) is 9.84 Å². The zero-order valence-electron chi connectivity index (χ0n) is 10.1. The van der Waals surface area contributed by atoms with Crippen LogP contribution in [0.1, 0.15) is 21.7 Å². The van der Waals surface area contributed by atoms with Crippen LogP contribution in [0.5, 0.6) is 5.75 Å². The second kappa shape index (κ2) is 5.43. The molecule has 2 aromatic rings. The maximum Gasteiger partial charge on any atom is 0.357 e. The number of hydrogen-bond acceptors (Lipinski definition) is 4. The molecule has 0 fully saturated rings. The van der Waals surface area contributed by atoms with Crippen molar-refractivity contribution in [3.05, 3.63) is 53.4 Å². The Morgan fingerprint density at radius 2 is 2.00 bits per heavy atom. The summed E-state index contributed by atoms with van der Waals surface area (Å²) in [4.78, 5) is 17.9. The number of nitrogens with zero attached hydrogens (tertiary/aromatic N) is 2. The Hall–Kier alpha value is -2.50. The maximum atomic E-state index is 13.8. The van der Waals surface area contributed by atoms with Crippen LogP contribution in [0, 0.1) is 5.82 Å². The van der Waals surface area contributed by atoms with Gasteiger partial charge < -0.3 is 9.84 Å². The molecular formula is C13H11FN2O3. The number of carbonyl (C=O) groups is 1. The van der Waals surface area contributed by atoms with Gasteiger partial charge in [0.25, 0.3) is 0 Å². The second-order valence-corrected chi connectivity index (χ2v) is 3.81. The van der Waals surface area contributed by atoms with Gasteiger partial charge in [-0.3, -0.25) is 0 Å². The van der Waals surface area contributed by atoms with Gasteiger partial charge in [-0.15, -0.1) is 0 Å². The lowest BCUT2D eigenvalue weighted by Gasteiger charge is -2.05. The summed E-state index contributed by atoms with van der Waals surface area (Å²) in [5.74, 6) is -1.61. The van der Waals surface area contributed by atoms with Crippen LogP contribution in [-0.2, 0) is 6.42 Å². The highest BCUT2D eigenvalue weighted by molar-refractivity contribution is 5.85. The number of carboxylic acid groups (broad SMARTS) is 1. The Kier molecular flexibility index (Phi) is 3.70. The van der Waals surface area contributed by atoms with Gasteiger partial charge in [0.15, 0.2) is 11.5 Å². The van der Waals surface area contributed by atoms with Gasteiger partial charge in [-0.05, 0) is 17.7 Å². The molecule has 19 heavy (non-hydrogen) atoms. The molecule has 1 aromatic heterocycles. The minimum Gasteiger partial charge on any atom is -0.497 e. The van der Waals surface area contributed by atoms with E-state index >= 15 is 0 Å². The lowest BCUT2D eigenvalue weighted by Crippen LogP contribution is -2.09. The third-order valence-electron chi connectivity index (χ3n) is 2.59. The van der Waals surface area contributed by atoms with Crippen molar-refractivity contribution in [3.8, 4) is 5.75 Å². The van der Waals surface area contributed by atoms with Gasteiger partial charge >= 0.3 is 5.97 Å². The molecule has 0 unspecified atom stereocenters. The van der Waals surface area contributed by atoms with E-state index in [0.717, 1.165) is 11.9 Å². The fourth-order valence-electron chi connectivity index (χ4n) is 1.62. The summed E-state index contributed by atoms with van der Waals surface area (Å²) < 4.78 is 18.8. The highest BCUT2D eigenvalue weighted by Gasteiger charge is 2.16. The summed E-state index contributed by atoms with van der Waals surface area (Å²) >= 11 is 0. The monoisotopic (exact) mass is 262 g/mol. The Morgan fingerprint density at radius 3 is 2.58 bits per heavy atom. The standard InChI is InChI=1S/C13H11FN2O3/c1-19-9-4-2-8(3-5-9)6-10-11(14)12(13(17)18)16-7-15-10/h2-5,7H,6H2,1H3,(H,17,18). The summed E-state index contributed by atoms with van der Waals surface area (Å²) in [6.45, 7) is 0. The normalized spacial score (nSPS) is 10.2. The van der Waals surface area contributed by atoms with Gasteiger partial charge in [0.1, 0.15) is 12.1 Å². The number of ether oxygens (including phenoxy) is 1. The summed E-state index contributed by atoms with van der Waals surface area (Å²) in [5.41, 5.74) is 0.241. The van der Waals surface area contributed by atoms with Crippen LogP contribution >= 0.6 is 0 Å². The Bertz CT molecular complexity index is 599. The van der Waals surface area contributed by atoms with Crippen LogP contribution in [0.4, 0.5) is 4.39 Å². The Labute approximate surface area is 108 Å². The first kappa shape index (κ1) is 12.9. The molecule has 0 saturated heterocycles.